The molecule has 0 saturated carbocycles. The Hall–Kier alpha value is -3.61. The minimum Gasteiger partial charge on any atom is -0.476 e. The molecule has 1 aliphatic heterocycles. The molecular formula is C23H21N3O4. The average molecular weight is 403 g/mol. The van der Waals surface area contributed by atoms with Crippen molar-refractivity contribution in [1.82, 2.24) is 15.1 Å². The zero-order valence-corrected chi connectivity index (χ0v) is 16.2. The van der Waals surface area contributed by atoms with E-state index in [4.69, 9.17) is 9.84 Å². The number of rotatable bonds is 4. The Balaban J connectivity index is 1.33. The van der Waals surface area contributed by atoms with E-state index in [-0.39, 0.29) is 30.4 Å². The number of likely N-dealkylation sites (tertiary alicyclic amines) is 1. The molecule has 30 heavy (non-hydrogen) atoms. The lowest BCUT2D eigenvalue weighted by atomic mass is 9.98. The number of aromatic amines is 1. The van der Waals surface area contributed by atoms with Crippen molar-refractivity contribution in [3.8, 4) is 11.1 Å². The number of hydrogen-bond acceptors (Lipinski definition) is 4. The number of nitrogens with one attached hydrogen (secondary N) is 1. The summed E-state index contributed by atoms with van der Waals surface area (Å²) in [7, 11) is 0. The molecular weight excluding hydrogens is 382 g/mol. The van der Waals surface area contributed by atoms with Gasteiger partial charge in [-0.2, -0.15) is 5.10 Å². The number of H-pyrrole nitrogens is 1. The summed E-state index contributed by atoms with van der Waals surface area (Å²) in [5.74, 6) is -1.09. The molecule has 0 spiro atoms. The Bertz CT molecular complexity index is 1080. The second-order valence-corrected chi connectivity index (χ2v) is 7.67. The smallest absolute Gasteiger partial charge is 0.410 e. The summed E-state index contributed by atoms with van der Waals surface area (Å²) >= 11 is 0. The molecule has 1 atom stereocenters. The molecule has 0 bridgehead atoms. The van der Waals surface area contributed by atoms with E-state index in [1.165, 1.54) is 28.3 Å². The topological polar surface area (TPSA) is 95.5 Å². The van der Waals surface area contributed by atoms with Gasteiger partial charge in [-0.15, -0.1) is 0 Å². The van der Waals surface area contributed by atoms with E-state index in [0.717, 1.165) is 12.8 Å². The van der Waals surface area contributed by atoms with E-state index in [0.29, 0.717) is 12.2 Å². The van der Waals surface area contributed by atoms with Crippen molar-refractivity contribution in [3.05, 3.63) is 77.1 Å². The Morgan fingerprint density at radius 2 is 1.77 bits per heavy atom. The summed E-state index contributed by atoms with van der Waals surface area (Å²) in [5, 5.41) is 15.7. The molecule has 2 heterocycles. The van der Waals surface area contributed by atoms with Crippen molar-refractivity contribution >= 4 is 12.1 Å². The first-order valence-corrected chi connectivity index (χ1v) is 10.0. The van der Waals surface area contributed by atoms with Crippen LogP contribution in [0.2, 0.25) is 0 Å². The summed E-state index contributed by atoms with van der Waals surface area (Å²) < 4.78 is 5.77. The number of carboxylic acids is 1. The molecule has 2 aliphatic rings. The monoisotopic (exact) mass is 403 g/mol. The summed E-state index contributed by atoms with van der Waals surface area (Å²) in [5.41, 5.74) is 5.29. The van der Waals surface area contributed by atoms with Gasteiger partial charge in [-0.3, -0.25) is 10.00 Å². The number of nitrogens with zero attached hydrogens (tertiary/aromatic N) is 2. The Labute approximate surface area is 173 Å². The molecule has 2 aromatic carbocycles. The van der Waals surface area contributed by atoms with Gasteiger partial charge in [0, 0.05) is 12.5 Å². The highest BCUT2D eigenvalue weighted by Crippen LogP contribution is 2.44. The van der Waals surface area contributed by atoms with Crippen molar-refractivity contribution in [2.24, 2.45) is 0 Å². The minimum absolute atomic E-state index is 0.00757. The molecule has 7 heteroatoms. The van der Waals surface area contributed by atoms with Gasteiger partial charge < -0.3 is 9.84 Å². The number of ether oxygens (including phenoxy) is 1. The Morgan fingerprint density at radius 3 is 2.40 bits per heavy atom. The molecule has 1 unspecified atom stereocenters. The zero-order valence-electron chi connectivity index (χ0n) is 16.2. The van der Waals surface area contributed by atoms with Gasteiger partial charge in [0.1, 0.15) is 6.61 Å². The average Bonchev–Trinajstić information content (AvgIpc) is 3.49. The van der Waals surface area contributed by atoms with Crippen LogP contribution in [0.15, 0.2) is 54.6 Å². The molecule has 152 valence electrons. The second kappa shape index (κ2) is 7.33. The molecule has 3 aromatic rings. The predicted molar refractivity (Wildman–Crippen MR) is 109 cm³/mol. The fraction of sp³-hybridized carbons (Fsp3) is 0.261. The van der Waals surface area contributed by atoms with E-state index < -0.39 is 5.97 Å². The van der Waals surface area contributed by atoms with Crippen LogP contribution in [-0.4, -0.2) is 45.4 Å². The lowest BCUT2D eigenvalue weighted by molar-refractivity contribution is 0.0690. The number of benzene rings is 2. The van der Waals surface area contributed by atoms with E-state index >= 15 is 0 Å². The molecule has 1 fully saturated rings. The van der Waals surface area contributed by atoms with Crippen molar-refractivity contribution in [3.63, 3.8) is 0 Å². The third kappa shape index (κ3) is 3.03. The number of aromatic nitrogens is 2. The van der Waals surface area contributed by atoms with Gasteiger partial charge in [-0.05, 0) is 41.2 Å². The van der Waals surface area contributed by atoms with Crippen LogP contribution >= 0.6 is 0 Å². The maximum atomic E-state index is 12.9. The van der Waals surface area contributed by atoms with Crippen LogP contribution in [0, 0.1) is 0 Å². The highest BCUT2D eigenvalue weighted by Gasteiger charge is 2.34. The quantitative estimate of drug-likeness (QED) is 0.681. The molecule has 7 nitrogen and oxygen atoms in total. The predicted octanol–water partition coefficient (Wildman–Crippen LogP) is 4.19. The van der Waals surface area contributed by atoms with Gasteiger partial charge in [0.2, 0.25) is 0 Å². The first kappa shape index (κ1) is 18.4. The van der Waals surface area contributed by atoms with Gasteiger partial charge in [0.15, 0.2) is 5.69 Å². The molecule has 2 N–H and O–H groups in total. The van der Waals surface area contributed by atoms with E-state index in [1.54, 1.807) is 4.90 Å². The minimum atomic E-state index is -1.09. The fourth-order valence-corrected chi connectivity index (χ4v) is 4.60. The second-order valence-electron chi connectivity index (χ2n) is 7.67. The number of carbonyl (C=O) groups is 2. The maximum Gasteiger partial charge on any atom is 0.410 e. The van der Waals surface area contributed by atoms with Crippen LogP contribution in [0.1, 0.15) is 52.1 Å². The first-order chi connectivity index (χ1) is 14.6. The number of carboxylic acid groups (broad SMARTS) is 1. The van der Waals surface area contributed by atoms with Crippen molar-refractivity contribution in [1.29, 1.82) is 0 Å². The molecule has 1 amide bonds. The summed E-state index contributed by atoms with van der Waals surface area (Å²) in [6.45, 7) is 0.836. The SMILES string of the molecule is O=C(O)c1cc(C2CCCN2C(=O)OCC2c3ccccc3-c3ccccc32)[nH]n1. The standard InChI is InChI=1S/C23H21N3O4/c27-22(28)20-12-19(24-25-20)21-10-5-11-26(21)23(29)30-13-18-16-8-3-1-6-14(16)15-7-2-4-9-17(15)18/h1-4,6-9,12,18,21H,5,10-11,13H2,(H,24,25)(H,27,28). The molecule has 1 aliphatic carbocycles. The first-order valence-electron chi connectivity index (χ1n) is 10.0. The zero-order chi connectivity index (χ0) is 20.7. The van der Waals surface area contributed by atoms with Crippen LogP contribution < -0.4 is 0 Å². The van der Waals surface area contributed by atoms with Crippen LogP contribution in [0.3, 0.4) is 0 Å². The maximum absolute atomic E-state index is 12.9. The van der Waals surface area contributed by atoms with Crippen molar-refractivity contribution in [2.45, 2.75) is 24.8 Å². The normalized spacial score (nSPS) is 17.6. The van der Waals surface area contributed by atoms with E-state index in [9.17, 15) is 9.59 Å². The van der Waals surface area contributed by atoms with Crippen molar-refractivity contribution in [2.75, 3.05) is 13.2 Å². The number of aromatic carboxylic acids is 1. The van der Waals surface area contributed by atoms with Gasteiger partial charge in [-0.25, -0.2) is 9.59 Å². The largest absolute Gasteiger partial charge is 0.476 e. The molecule has 0 radical (unpaired) electrons. The van der Waals surface area contributed by atoms with Crippen LogP contribution in [0.25, 0.3) is 11.1 Å². The molecule has 1 aromatic heterocycles. The van der Waals surface area contributed by atoms with E-state index in [1.807, 2.05) is 24.3 Å². The summed E-state index contributed by atoms with van der Waals surface area (Å²) in [4.78, 5) is 25.7. The van der Waals surface area contributed by atoms with Crippen LogP contribution in [0.4, 0.5) is 4.79 Å². The number of amides is 1. The Kier molecular flexibility index (Phi) is 4.50. The fourth-order valence-electron chi connectivity index (χ4n) is 4.60. The Morgan fingerprint density at radius 1 is 1.10 bits per heavy atom. The molecule has 1 saturated heterocycles. The van der Waals surface area contributed by atoms with Crippen LogP contribution in [0.5, 0.6) is 0 Å². The highest BCUT2D eigenvalue weighted by molar-refractivity contribution is 5.85. The van der Waals surface area contributed by atoms with Gasteiger partial charge >= 0.3 is 12.1 Å². The lowest BCUT2D eigenvalue weighted by Crippen LogP contribution is -2.32. The number of hydrogen-bond donors (Lipinski definition) is 2. The van der Waals surface area contributed by atoms with Crippen molar-refractivity contribution < 1.29 is 19.4 Å². The summed E-state index contributed by atoms with van der Waals surface area (Å²) in [6.07, 6.45) is 1.19. The van der Waals surface area contributed by atoms with Crippen LogP contribution in [-0.2, 0) is 4.74 Å². The number of carbonyl (C=O) groups excluding carboxylic acids is 1. The third-order valence-electron chi connectivity index (χ3n) is 6.00. The lowest BCUT2D eigenvalue weighted by Gasteiger charge is -2.24. The number of fused-ring (bicyclic) bond motifs is 3. The van der Waals surface area contributed by atoms with E-state index in [2.05, 4.69) is 34.5 Å². The summed E-state index contributed by atoms with van der Waals surface area (Å²) in [6, 6.07) is 17.7. The van der Waals surface area contributed by atoms with Gasteiger partial charge in [0.25, 0.3) is 0 Å². The third-order valence-corrected chi connectivity index (χ3v) is 6.00. The van der Waals surface area contributed by atoms with Gasteiger partial charge in [-0.1, -0.05) is 48.5 Å². The highest BCUT2D eigenvalue weighted by atomic mass is 16.6. The molecule has 5 rings (SSSR count). The van der Waals surface area contributed by atoms with Gasteiger partial charge in [0.05, 0.1) is 11.7 Å².